The molecule has 25 heavy (non-hydrogen) atoms. The number of carbonyl (C=O) groups excluding carboxylic acids is 1. The first-order valence-electron chi connectivity index (χ1n) is 9.67. The largest absolute Gasteiger partial charge is 0.444 e. The first-order chi connectivity index (χ1) is 11.9. The van der Waals surface area contributed by atoms with Crippen molar-refractivity contribution in [3.05, 3.63) is 35.9 Å². The number of hydrogen-bond acceptors (Lipinski definition) is 3. The third-order valence-corrected chi connectivity index (χ3v) is 6.40. The van der Waals surface area contributed by atoms with Crippen LogP contribution in [0, 0.1) is 5.41 Å². The highest BCUT2D eigenvalue weighted by molar-refractivity contribution is 5.69. The molecular weight excluding hydrogens is 312 g/mol. The van der Waals surface area contributed by atoms with Gasteiger partial charge in [0.05, 0.1) is 0 Å². The second-order valence-corrected chi connectivity index (χ2v) is 8.97. The smallest absolute Gasteiger partial charge is 0.410 e. The monoisotopic (exact) mass is 342 g/mol. The van der Waals surface area contributed by atoms with Crippen LogP contribution in [0.25, 0.3) is 0 Å². The Hall–Kier alpha value is -1.55. The lowest BCUT2D eigenvalue weighted by atomic mass is 9.79. The van der Waals surface area contributed by atoms with Crippen LogP contribution in [0.5, 0.6) is 0 Å². The number of ether oxygens (including phenoxy) is 1. The summed E-state index contributed by atoms with van der Waals surface area (Å²) in [5.74, 6) is 0. The standard InChI is InChI=1S/C21H30N2O2/c1-20(2,3)25-19(24)23-14-12-21-11-13-22(17(21)9-10-18(21)23)15-16-7-5-4-6-8-16/h4-8,17-18H,9-15H2,1-3H3/t17-,18-,21+/m0/s1. The minimum Gasteiger partial charge on any atom is -0.444 e. The van der Waals surface area contributed by atoms with E-state index in [2.05, 4.69) is 35.2 Å². The number of hydrogen-bond donors (Lipinski definition) is 0. The Bertz CT molecular complexity index is 639. The Morgan fingerprint density at radius 3 is 2.52 bits per heavy atom. The maximum Gasteiger partial charge on any atom is 0.410 e. The van der Waals surface area contributed by atoms with E-state index in [4.69, 9.17) is 4.74 Å². The van der Waals surface area contributed by atoms with Gasteiger partial charge in [0.2, 0.25) is 0 Å². The number of benzene rings is 1. The summed E-state index contributed by atoms with van der Waals surface area (Å²) in [6, 6.07) is 11.8. The summed E-state index contributed by atoms with van der Waals surface area (Å²) in [5.41, 5.74) is 1.27. The Morgan fingerprint density at radius 1 is 1.12 bits per heavy atom. The van der Waals surface area contributed by atoms with Gasteiger partial charge in [0.15, 0.2) is 0 Å². The van der Waals surface area contributed by atoms with Gasteiger partial charge < -0.3 is 9.64 Å². The third kappa shape index (κ3) is 2.95. The highest BCUT2D eigenvalue weighted by atomic mass is 16.6. The fraction of sp³-hybridized carbons (Fsp3) is 0.667. The Morgan fingerprint density at radius 2 is 1.80 bits per heavy atom. The highest BCUT2D eigenvalue weighted by Crippen LogP contribution is 2.56. The van der Waals surface area contributed by atoms with Crippen molar-refractivity contribution >= 4 is 6.09 Å². The van der Waals surface area contributed by atoms with E-state index in [1.807, 2.05) is 25.7 Å². The van der Waals surface area contributed by atoms with E-state index in [-0.39, 0.29) is 6.09 Å². The Labute approximate surface area is 151 Å². The molecule has 4 rings (SSSR count). The van der Waals surface area contributed by atoms with Crippen LogP contribution in [0.1, 0.15) is 52.0 Å². The van der Waals surface area contributed by atoms with Crippen molar-refractivity contribution in [3.8, 4) is 0 Å². The summed E-state index contributed by atoms with van der Waals surface area (Å²) in [4.78, 5) is 17.4. The lowest BCUT2D eigenvalue weighted by Gasteiger charge is -2.34. The van der Waals surface area contributed by atoms with Gasteiger partial charge in [0.1, 0.15) is 5.60 Å². The fourth-order valence-electron chi connectivity index (χ4n) is 5.45. The average molecular weight is 342 g/mol. The first kappa shape index (κ1) is 16.9. The van der Waals surface area contributed by atoms with Crippen LogP contribution in [0.2, 0.25) is 0 Å². The molecule has 3 aliphatic rings. The number of carbonyl (C=O) groups is 1. The zero-order chi connectivity index (χ0) is 17.7. The van der Waals surface area contributed by atoms with Gasteiger partial charge in [0, 0.05) is 30.6 Å². The topological polar surface area (TPSA) is 32.8 Å². The molecule has 2 aliphatic heterocycles. The van der Waals surface area contributed by atoms with Crippen LogP contribution >= 0.6 is 0 Å². The van der Waals surface area contributed by atoms with Crippen molar-refractivity contribution in [1.82, 2.24) is 9.80 Å². The summed E-state index contributed by atoms with van der Waals surface area (Å²) in [7, 11) is 0. The molecule has 1 amide bonds. The summed E-state index contributed by atoms with van der Waals surface area (Å²) in [5, 5.41) is 0. The van der Waals surface area contributed by atoms with Gasteiger partial charge in [-0.25, -0.2) is 4.79 Å². The maximum absolute atomic E-state index is 12.7. The third-order valence-electron chi connectivity index (χ3n) is 6.40. The van der Waals surface area contributed by atoms with E-state index in [0.717, 1.165) is 32.5 Å². The van der Waals surface area contributed by atoms with Gasteiger partial charge in [-0.05, 0) is 58.6 Å². The van der Waals surface area contributed by atoms with Gasteiger partial charge >= 0.3 is 6.09 Å². The van der Waals surface area contributed by atoms with Crippen LogP contribution in [-0.4, -0.2) is 46.7 Å². The summed E-state index contributed by atoms with van der Waals surface area (Å²) >= 11 is 0. The lowest BCUT2D eigenvalue weighted by molar-refractivity contribution is 0.0184. The minimum atomic E-state index is -0.417. The molecule has 2 heterocycles. The molecule has 0 N–H and O–H groups in total. The molecule has 1 spiro atoms. The van der Waals surface area contributed by atoms with Crippen LogP contribution in [-0.2, 0) is 11.3 Å². The van der Waals surface area contributed by atoms with Gasteiger partial charge in [0.25, 0.3) is 0 Å². The maximum atomic E-state index is 12.7. The fourth-order valence-corrected chi connectivity index (χ4v) is 5.45. The van der Waals surface area contributed by atoms with Crippen LogP contribution in [0.3, 0.4) is 0 Å². The molecule has 0 radical (unpaired) electrons. The highest BCUT2D eigenvalue weighted by Gasteiger charge is 2.61. The molecule has 0 unspecified atom stereocenters. The second-order valence-electron chi connectivity index (χ2n) is 8.97. The summed E-state index contributed by atoms with van der Waals surface area (Å²) < 4.78 is 5.67. The van der Waals surface area contributed by atoms with Gasteiger partial charge in [-0.2, -0.15) is 0 Å². The minimum absolute atomic E-state index is 0.114. The molecule has 136 valence electrons. The predicted octanol–water partition coefficient (Wildman–Crippen LogP) is 4.05. The van der Waals surface area contributed by atoms with E-state index >= 15 is 0 Å². The second kappa shape index (κ2) is 6.01. The first-order valence-corrected chi connectivity index (χ1v) is 9.67. The zero-order valence-corrected chi connectivity index (χ0v) is 15.7. The number of nitrogens with zero attached hydrogens (tertiary/aromatic N) is 2. The van der Waals surface area contributed by atoms with Crippen LogP contribution in [0.15, 0.2) is 30.3 Å². The SMILES string of the molecule is CC(C)(C)OC(=O)N1CC[C@]23CCN(Cc4ccccc4)[C@H]2CC[C@H]13. The molecule has 1 aromatic carbocycles. The molecule has 1 saturated carbocycles. The van der Waals surface area contributed by atoms with Crippen molar-refractivity contribution in [2.24, 2.45) is 5.41 Å². The van der Waals surface area contributed by atoms with E-state index in [1.165, 1.54) is 18.4 Å². The number of likely N-dealkylation sites (tertiary alicyclic amines) is 2. The van der Waals surface area contributed by atoms with E-state index in [0.29, 0.717) is 17.5 Å². The summed E-state index contributed by atoms with van der Waals surface area (Å²) in [6.45, 7) is 8.89. The van der Waals surface area contributed by atoms with E-state index < -0.39 is 5.60 Å². The average Bonchev–Trinajstić information content (AvgIpc) is 3.16. The molecule has 1 aliphatic carbocycles. The molecule has 3 atom stereocenters. The molecule has 0 aromatic heterocycles. The lowest BCUT2D eigenvalue weighted by Crippen LogP contribution is -2.44. The predicted molar refractivity (Wildman–Crippen MR) is 98.3 cm³/mol. The molecule has 1 aromatic rings. The van der Waals surface area contributed by atoms with Gasteiger partial charge in [-0.1, -0.05) is 30.3 Å². The van der Waals surface area contributed by atoms with Crippen molar-refractivity contribution in [3.63, 3.8) is 0 Å². The number of rotatable bonds is 2. The van der Waals surface area contributed by atoms with Crippen molar-refractivity contribution in [2.75, 3.05) is 13.1 Å². The molecule has 4 nitrogen and oxygen atoms in total. The Balaban J connectivity index is 1.48. The van der Waals surface area contributed by atoms with E-state index in [1.54, 1.807) is 0 Å². The van der Waals surface area contributed by atoms with Crippen molar-refractivity contribution in [2.45, 2.75) is 70.7 Å². The van der Waals surface area contributed by atoms with Crippen LogP contribution in [0.4, 0.5) is 4.79 Å². The van der Waals surface area contributed by atoms with Gasteiger partial charge in [-0.15, -0.1) is 0 Å². The van der Waals surface area contributed by atoms with Crippen molar-refractivity contribution < 1.29 is 9.53 Å². The molecule has 2 saturated heterocycles. The molecule has 4 heteroatoms. The van der Waals surface area contributed by atoms with E-state index in [9.17, 15) is 4.79 Å². The Kier molecular flexibility index (Phi) is 4.06. The zero-order valence-electron chi connectivity index (χ0n) is 15.7. The molecule has 0 bridgehead atoms. The number of amides is 1. The normalized spacial score (nSPS) is 31.9. The quantitative estimate of drug-likeness (QED) is 0.813. The van der Waals surface area contributed by atoms with Crippen molar-refractivity contribution in [1.29, 1.82) is 0 Å². The molecular formula is C21H30N2O2. The molecule has 3 fully saturated rings. The summed E-state index contributed by atoms with van der Waals surface area (Å²) in [6.07, 6.45) is 4.56. The van der Waals surface area contributed by atoms with Gasteiger partial charge in [-0.3, -0.25) is 4.90 Å². The van der Waals surface area contributed by atoms with Crippen LogP contribution < -0.4 is 0 Å².